The number of nitrogens with one attached hydrogen (secondary N) is 1. The minimum atomic E-state index is -5.19. The third-order valence-electron chi connectivity index (χ3n) is 9.63. The Bertz CT molecular complexity index is 2490. The highest BCUT2D eigenvalue weighted by atomic mass is 32.1. The zero-order valence-corrected chi connectivity index (χ0v) is 38.0. The average molecular weight is 957 g/mol. The van der Waals surface area contributed by atoms with Crippen LogP contribution in [0.2, 0.25) is 0 Å². The van der Waals surface area contributed by atoms with Gasteiger partial charge in [0.1, 0.15) is 63.4 Å². The zero-order chi connectivity index (χ0) is 48.2. The topological polar surface area (TPSA) is 147 Å². The highest BCUT2D eigenvalue weighted by molar-refractivity contribution is 7.21. The standard InChI is InChI=1S/C46H53F2N4O7S.C2HF3O2/c1-51(2)37-12-15-41-45(26-37)60-46-27-38(13-16-42(46)50-41)52(3)19-21-55-23-25-56-24-22-54-20-18-49-29-39(53)32-57-40-14-17-43(58-30-33-4-8-35(47)9-5-33)44(28-40)59-31-34-6-10-36(48)11-7-34;3-2(4,5)1(6)7/h4-17,26-28,39,49,53H,18-25,29-32H2,1-3H3;(H,6,7)/q+1;/p-1. The fourth-order valence-electron chi connectivity index (χ4n) is 5.95. The summed E-state index contributed by atoms with van der Waals surface area (Å²) in [6, 6.07) is 29.9. The Kier molecular flexibility index (Phi) is 20.5. The van der Waals surface area contributed by atoms with Crippen LogP contribution in [0.1, 0.15) is 11.1 Å². The van der Waals surface area contributed by atoms with E-state index < -0.39 is 18.2 Å². The van der Waals surface area contributed by atoms with Gasteiger partial charge in [-0.2, -0.15) is 13.2 Å². The molecule has 6 rings (SSSR count). The molecule has 360 valence electrons. The predicted octanol–water partition coefficient (Wildman–Crippen LogP) is 5.68. The van der Waals surface area contributed by atoms with E-state index in [1.165, 1.54) is 24.3 Å². The molecule has 0 spiro atoms. The van der Waals surface area contributed by atoms with Gasteiger partial charge < -0.3 is 53.6 Å². The number of likely N-dealkylation sites (N-methyl/N-ethyl adjacent to an activating group) is 1. The summed E-state index contributed by atoms with van der Waals surface area (Å²) in [6.45, 7) is 4.98. The minimum Gasteiger partial charge on any atom is -0.542 e. The first kappa shape index (κ1) is 52.0. The molecule has 67 heavy (non-hydrogen) atoms. The van der Waals surface area contributed by atoms with E-state index in [1.807, 2.05) is 14.1 Å². The van der Waals surface area contributed by atoms with Crippen LogP contribution in [0.25, 0.3) is 20.8 Å². The number of carbonyl (C=O) groups excluding carboxylic acids is 1. The van der Waals surface area contributed by atoms with Crippen LogP contribution in [0.15, 0.2) is 103 Å². The lowest BCUT2D eigenvalue weighted by atomic mass is 10.2. The largest absolute Gasteiger partial charge is 0.542 e. The second-order valence-corrected chi connectivity index (χ2v) is 16.1. The van der Waals surface area contributed by atoms with Crippen LogP contribution in [0.3, 0.4) is 0 Å². The van der Waals surface area contributed by atoms with Crippen LogP contribution >= 0.6 is 11.3 Å². The predicted molar refractivity (Wildman–Crippen MR) is 242 cm³/mol. The number of alkyl halides is 3. The van der Waals surface area contributed by atoms with Crippen LogP contribution in [0, 0.1) is 11.6 Å². The molecule has 4 aromatic rings. The molecular weight excluding hydrogens is 904 g/mol. The SMILES string of the molecule is CN(CCOCCOCCOCCNCC(O)COc1ccc(OCc2ccc(F)cc2)c(OCc2ccc(F)cc2)c1)c1ccc2nc3ccc(=[N+](C)C)cc-3sc2c1.O=C([O-])C(F)(F)F. The molecule has 0 fully saturated rings. The molecule has 1 heterocycles. The zero-order valence-electron chi connectivity index (χ0n) is 37.2. The lowest BCUT2D eigenvalue weighted by Crippen LogP contribution is -2.37. The van der Waals surface area contributed by atoms with Crippen LogP contribution in [0.4, 0.5) is 27.6 Å². The van der Waals surface area contributed by atoms with Gasteiger partial charge in [-0.1, -0.05) is 24.3 Å². The molecule has 0 radical (unpaired) electrons. The molecule has 1 unspecified atom stereocenters. The van der Waals surface area contributed by atoms with Crippen molar-refractivity contribution in [3.05, 3.63) is 131 Å². The lowest BCUT2D eigenvalue weighted by Gasteiger charge is -2.20. The smallest absolute Gasteiger partial charge is 0.430 e. The summed E-state index contributed by atoms with van der Waals surface area (Å²) in [5, 5.41) is 23.6. The number of halogens is 5. The Morgan fingerprint density at radius 2 is 1.37 bits per heavy atom. The number of carbonyl (C=O) groups is 1. The molecule has 19 heteroatoms. The molecule has 1 atom stereocenters. The molecule has 0 aromatic heterocycles. The van der Waals surface area contributed by atoms with Gasteiger partial charge in [-0.05, 0) is 71.8 Å². The van der Waals surface area contributed by atoms with E-state index in [4.69, 9.17) is 43.3 Å². The molecule has 0 amide bonds. The highest BCUT2D eigenvalue weighted by Crippen LogP contribution is 2.34. The molecule has 0 bridgehead atoms. The fourth-order valence-corrected chi connectivity index (χ4v) is 6.98. The number of carboxylic acid groups (broad SMARTS) is 1. The Hall–Kier alpha value is -5.96. The number of hydrogen-bond acceptors (Lipinski definition) is 13. The van der Waals surface area contributed by atoms with E-state index in [-0.39, 0.29) is 31.5 Å². The quantitative estimate of drug-likeness (QED) is 0.0333. The number of aliphatic carboxylic acids is 1. The monoisotopic (exact) mass is 956 g/mol. The maximum Gasteiger partial charge on any atom is 0.430 e. The van der Waals surface area contributed by atoms with Crippen molar-refractivity contribution >= 4 is 33.2 Å². The summed E-state index contributed by atoms with van der Waals surface area (Å²) in [6.07, 6.45) is -5.96. The van der Waals surface area contributed by atoms with Gasteiger partial charge >= 0.3 is 6.18 Å². The van der Waals surface area contributed by atoms with Crippen molar-refractivity contribution in [1.82, 2.24) is 14.9 Å². The summed E-state index contributed by atoms with van der Waals surface area (Å²) in [7, 11) is 6.15. The number of anilines is 1. The van der Waals surface area contributed by atoms with Gasteiger partial charge in [-0.15, -0.1) is 11.3 Å². The molecule has 13 nitrogen and oxygen atoms in total. The lowest BCUT2D eigenvalue weighted by molar-refractivity contribution is -0.344. The van der Waals surface area contributed by atoms with Crippen LogP contribution in [-0.2, 0) is 32.2 Å². The van der Waals surface area contributed by atoms with Gasteiger partial charge in [0.05, 0.1) is 60.4 Å². The number of carboxylic acids is 1. The first-order valence-electron chi connectivity index (χ1n) is 21.1. The van der Waals surface area contributed by atoms with Crippen LogP contribution in [0.5, 0.6) is 17.2 Å². The second kappa shape index (κ2) is 26.4. The van der Waals surface area contributed by atoms with E-state index >= 15 is 0 Å². The maximum atomic E-state index is 13.4. The van der Waals surface area contributed by atoms with Gasteiger partial charge in [-0.3, -0.25) is 0 Å². The number of hydrogen-bond donors (Lipinski definition) is 2. The molecule has 4 aromatic carbocycles. The number of benzene rings is 5. The molecule has 2 N–H and O–H groups in total. The normalized spacial score (nSPS) is 11.8. The number of aliphatic hydroxyl groups is 1. The van der Waals surface area contributed by atoms with Crippen molar-refractivity contribution in [1.29, 1.82) is 0 Å². The third-order valence-corrected chi connectivity index (χ3v) is 10.7. The van der Waals surface area contributed by atoms with Crippen LogP contribution in [-0.4, -0.2) is 115 Å². The van der Waals surface area contributed by atoms with E-state index in [0.717, 1.165) is 49.5 Å². The summed E-state index contributed by atoms with van der Waals surface area (Å²) < 4.78 is 96.5. The van der Waals surface area contributed by atoms with Crippen molar-refractivity contribution in [3.63, 3.8) is 0 Å². The summed E-state index contributed by atoms with van der Waals surface area (Å²) in [4.78, 5) is 17.0. The van der Waals surface area contributed by atoms with Gasteiger partial charge in [0.2, 0.25) is 5.36 Å². The number of aliphatic hydroxyl groups excluding tert-OH is 1. The maximum absolute atomic E-state index is 13.4. The number of rotatable bonds is 24. The van der Waals surface area contributed by atoms with Gasteiger partial charge in [0.25, 0.3) is 0 Å². The summed E-state index contributed by atoms with van der Waals surface area (Å²) in [5.41, 5.74) is 4.68. The Morgan fingerprint density at radius 1 is 0.776 bits per heavy atom. The highest BCUT2D eigenvalue weighted by Gasteiger charge is 2.28. The average Bonchev–Trinajstić information content (AvgIpc) is 3.31. The molecule has 2 aliphatic rings. The first-order chi connectivity index (χ1) is 32.1. The second-order valence-electron chi connectivity index (χ2n) is 15.1. The van der Waals surface area contributed by atoms with Crippen molar-refractivity contribution in [2.75, 3.05) is 91.9 Å². The minimum absolute atomic E-state index is 0.0462. The van der Waals surface area contributed by atoms with E-state index in [9.17, 15) is 27.1 Å². The molecule has 0 saturated carbocycles. The summed E-state index contributed by atoms with van der Waals surface area (Å²) in [5.74, 6) is -2.32. The Morgan fingerprint density at radius 3 is 1.99 bits per heavy atom. The van der Waals surface area contributed by atoms with Gasteiger partial charge in [0.15, 0.2) is 11.5 Å². The number of ether oxygens (including phenoxy) is 6. The van der Waals surface area contributed by atoms with Crippen molar-refractivity contribution in [3.8, 4) is 27.8 Å². The Labute approximate surface area is 388 Å². The summed E-state index contributed by atoms with van der Waals surface area (Å²) >= 11 is 1.75. The van der Waals surface area contributed by atoms with E-state index in [1.54, 1.807) is 53.8 Å². The Balaban J connectivity index is 0.00000111. The molecule has 1 aliphatic heterocycles. The van der Waals surface area contributed by atoms with Crippen molar-refractivity contribution in [2.24, 2.45) is 0 Å². The van der Waals surface area contributed by atoms with E-state index in [2.05, 4.69) is 58.2 Å². The number of nitrogens with zero attached hydrogens (tertiary/aromatic N) is 3. The fraction of sp³-hybridized carbons (Fsp3) is 0.354. The third kappa shape index (κ3) is 18.0. The molecular formula is C48H53F5N4O9S. The molecule has 0 saturated heterocycles. The van der Waals surface area contributed by atoms with Gasteiger partial charge in [-0.25, -0.2) is 18.3 Å². The van der Waals surface area contributed by atoms with Crippen molar-refractivity contribution in [2.45, 2.75) is 25.5 Å². The first-order valence-corrected chi connectivity index (χ1v) is 21.9. The number of aromatic nitrogens is 1. The van der Waals surface area contributed by atoms with Gasteiger partial charge in [0, 0.05) is 50.6 Å². The molecule has 1 aliphatic carbocycles. The van der Waals surface area contributed by atoms with Crippen molar-refractivity contribution < 1.29 is 65.4 Å². The van der Waals surface area contributed by atoms with E-state index in [0.29, 0.717) is 70.0 Å². The number of fused-ring (bicyclic) bond motifs is 2. The van der Waals surface area contributed by atoms with Crippen LogP contribution < -0.4 is 39.5 Å².